The van der Waals surface area contributed by atoms with E-state index in [2.05, 4.69) is 28.1 Å². The second-order valence-electron chi connectivity index (χ2n) is 7.15. The number of aromatic amines is 1. The number of benzene rings is 1. The van der Waals surface area contributed by atoms with Gasteiger partial charge in [0.05, 0.1) is 34.4 Å². The van der Waals surface area contributed by atoms with Crippen LogP contribution in [0.25, 0.3) is 22.1 Å². The fourth-order valence-corrected chi connectivity index (χ4v) is 3.96. The van der Waals surface area contributed by atoms with E-state index >= 15 is 0 Å². The lowest BCUT2D eigenvalue weighted by atomic mass is 10.2. The minimum atomic E-state index is -0.0356. The maximum absolute atomic E-state index is 13.2. The number of rotatable bonds is 2. The third-order valence-corrected chi connectivity index (χ3v) is 5.41. The second kappa shape index (κ2) is 5.90. The first-order valence-electron chi connectivity index (χ1n) is 9.16. The van der Waals surface area contributed by atoms with Crippen LogP contribution < -0.4 is 0 Å². The monoisotopic (exact) mass is 360 g/mol. The summed E-state index contributed by atoms with van der Waals surface area (Å²) in [4.78, 5) is 27.7. The van der Waals surface area contributed by atoms with Crippen molar-refractivity contribution in [2.75, 3.05) is 6.54 Å². The van der Waals surface area contributed by atoms with Crippen molar-refractivity contribution in [1.29, 1.82) is 0 Å². The minimum absolute atomic E-state index is 0.00900. The molecule has 3 aromatic heterocycles. The van der Waals surface area contributed by atoms with Gasteiger partial charge in [-0.2, -0.15) is 5.10 Å². The summed E-state index contributed by atoms with van der Waals surface area (Å²) in [7, 11) is 1.85. The lowest BCUT2D eigenvalue weighted by Crippen LogP contribution is -2.31. The number of amides is 1. The number of para-hydroxylation sites is 1. The predicted molar refractivity (Wildman–Crippen MR) is 102 cm³/mol. The molecule has 0 radical (unpaired) electrons. The molecule has 4 heterocycles. The molecule has 27 heavy (non-hydrogen) atoms. The molecule has 0 bridgehead atoms. The molecule has 5 rings (SSSR count). The average molecular weight is 360 g/mol. The minimum Gasteiger partial charge on any atom is -0.340 e. The Morgan fingerprint density at radius 3 is 3.04 bits per heavy atom. The Morgan fingerprint density at radius 2 is 2.19 bits per heavy atom. The van der Waals surface area contributed by atoms with Crippen LogP contribution in [0.15, 0.2) is 36.7 Å². The Balaban J connectivity index is 1.51. The number of aryl methyl sites for hydroxylation is 2. The fourth-order valence-electron chi connectivity index (χ4n) is 3.96. The number of likely N-dealkylation sites (tertiary alicyclic amines) is 1. The van der Waals surface area contributed by atoms with Crippen molar-refractivity contribution in [2.45, 2.75) is 25.8 Å². The van der Waals surface area contributed by atoms with Crippen molar-refractivity contribution in [1.82, 2.24) is 29.6 Å². The van der Waals surface area contributed by atoms with Crippen molar-refractivity contribution in [2.24, 2.45) is 7.05 Å². The maximum atomic E-state index is 13.2. The van der Waals surface area contributed by atoms with Crippen LogP contribution in [0.2, 0.25) is 0 Å². The van der Waals surface area contributed by atoms with Gasteiger partial charge < -0.3 is 9.88 Å². The highest BCUT2D eigenvalue weighted by Crippen LogP contribution is 2.33. The molecule has 7 heteroatoms. The maximum Gasteiger partial charge on any atom is 0.256 e. The summed E-state index contributed by atoms with van der Waals surface area (Å²) in [5.41, 5.74) is 5.37. The molecule has 1 aliphatic heterocycles. The van der Waals surface area contributed by atoms with Gasteiger partial charge in [0.2, 0.25) is 0 Å². The van der Waals surface area contributed by atoms with E-state index in [9.17, 15) is 4.79 Å². The number of nitrogens with zero attached hydrogens (tertiary/aromatic N) is 5. The topological polar surface area (TPSA) is 79.7 Å². The zero-order valence-corrected chi connectivity index (χ0v) is 15.3. The normalized spacial score (nSPS) is 17.3. The number of carbonyl (C=O) groups is 1. The van der Waals surface area contributed by atoms with E-state index in [-0.39, 0.29) is 11.9 Å². The molecule has 0 saturated carbocycles. The van der Waals surface area contributed by atoms with E-state index in [0.717, 1.165) is 52.8 Å². The Kier molecular flexibility index (Phi) is 3.50. The summed E-state index contributed by atoms with van der Waals surface area (Å²) in [6, 6.07) is 7.94. The van der Waals surface area contributed by atoms with E-state index in [1.54, 1.807) is 17.1 Å². The van der Waals surface area contributed by atoms with Gasteiger partial charge in [-0.3, -0.25) is 14.5 Å². The Morgan fingerprint density at radius 1 is 1.30 bits per heavy atom. The molecular weight excluding hydrogens is 340 g/mol. The van der Waals surface area contributed by atoms with Gasteiger partial charge in [-0.1, -0.05) is 12.1 Å². The summed E-state index contributed by atoms with van der Waals surface area (Å²) in [5, 5.41) is 4.20. The molecule has 1 saturated heterocycles. The lowest BCUT2D eigenvalue weighted by molar-refractivity contribution is 0.0730. The van der Waals surface area contributed by atoms with Crippen molar-refractivity contribution in [3.63, 3.8) is 0 Å². The van der Waals surface area contributed by atoms with Crippen LogP contribution in [-0.4, -0.2) is 42.1 Å². The van der Waals surface area contributed by atoms with E-state index in [1.165, 1.54) is 0 Å². The Hall–Kier alpha value is -3.22. The van der Waals surface area contributed by atoms with Gasteiger partial charge in [0.25, 0.3) is 5.91 Å². The molecule has 1 unspecified atom stereocenters. The number of fused-ring (bicyclic) bond motifs is 2. The summed E-state index contributed by atoms with van der Waals surface area (Å²) in [5.74, 6) is 0.852. The molecular formula is C20H20N6O. The van der Waals surface area contributed by atoms with Gasteiger partial charge in [0, 0.05) is 19.8 Å². The molecule has 136 valence electrons. The largest absolute Gasteiger partial charge is 0.340 e. The first-order valence-corrected chi connectivity index (χ1v) is 9.16. The van der Waals surface area contributed by atoms with E-state index < -0.39 is 0 Å². The van der Waals surface area contributed by atoms with Crippen LogP contribution in [-0.2, 0) is 7.05 Å². The van der Waals surface area contributed by atoms with Crippen molar-refractivity contribution >= 4 is 28.0 Å². The van der Waals surface area contributed by atoms with Crippen LogP contribution in [0.3, 0.4) is 0 Å². The number of hydrogen-bond acceptors (Lipinski definition) is 4. The average Bonchev–Trinajstić information content (AvgIpc) is 3.39. The van der Waals surface area contributed by atoms with Crippen molar-refractivity contribution < 1.29 is 4.79 Å². The number of aromatic nitrogens is 5. The third-order valence-electron chi connectivity index (χ3n) is 5.41. The fraction of sp³-hybridized carbons (Fsp3) is 0.300. The Labute approximate surface area is 156 Å². The van der Waals surface area contributed by atoms with Crippen molar-refractivity contribution in [3.8, 4) is 0 Å². The van der Waals surface area contributed by atoms with Crippen LogP contribution >= 0.6 is 0 Å². The highest BCUT2D eigenvalue weighted by atomic mass is 16.2. The smallest absolute Gasteiger partial charge is 0.256 e. The lowest BCUT2D eigenvalue weighted by Gasteiger charge is -2.23. The molecule has 1 amide bonds. The van der Waals surface area contributed by atoms with E-state index in [1.807, 2.05) is 30.1 Å². The van der Waals surface area contributed by atoms with E-state index in [0.29, 0.717) is 5.56 Å². The summed E-state index contributed by atoms with van der Waals surface area (Å²) in [6.07, 6.45) is 5.23. The molecule has 1 atom stereocenters. The molecule has 0 spiro atoms. The summed E-state index contributed by atoms with van der Waals surface area (Å²) < 4.78 is 1.74. The van der Waals surface area contributed by atoms with Crippen LogP contribution in [0.4, 0.5) is 0 Å². The second-order valence-corrected chi connectivity index (χ2v) is 7.15. The number of pyridine rings is 1. The first-order chi connectivity index (χ1) is 13.1. The standard InChI is InChI=1S/C20H20N6O/c1-12-5-3-6-14-18(12)24-19(23-14)16-7-4-8-26(16)20(27)13-9-17-15(21-10-13)11-22-25(17)2/h3,5-6,9-11,16H,4,7-8H2,1-2H3,(H,23,24). The molecule has 4 aromatic rings. The van der Waals surface area contributed by atoms with Gasteiger partial charge in [0.15, 0.2) is 0 Å². The van der Waals surface area contributed by atoms with Gasteiger partial charge in [0.1, 0.15) is 11.3 Å². The van der Waals surface area contributed by atoms with Crippen LogP contribution in [0.1, 0.15) is 40.6 Å². The molecule has 0 aliphatic carbocycles. The molecule has 1 aromatic carbocycles. The molecule has 7 nitrogen and oxygen atoms in total. The van der Waals surface area contributed by atoms with Crippen LogP contribution in [0, 0.1) is 6.92 Å². The molecule has 1 N–H and O–H groups in total. The number of nitrogens with one attached hydrogen (secondary N) is 1. The zero-order valence-electron chi connectivity index (χ0n) is 15.3. The summed E-state index contributed by atoms with van der Waals surface area (Å²) >= 11 is 0. The summed E-state index contributed by atoms with van der Waals surface area (Å²) in [6.45, 7) is 2.78. The third kappa shape index (κ3) is 2.50. The number of H-pyrrole nitrogens is 1. The van der Waals surface area contributed by atoms with Gasteiger partial charge in [-0.05, 0) is 37.5 Å². The van der Waals surface area contributed by atoms with Gasteiger partial charge in [-0.15, -0.1) is 0 Å². The number of carbonyl (C=O) groups excluding carboxylic acids is 1. The highest BCUT2D eigenvalue weighted by Gasteiger charge is 2.33. The van der Waals surface area contributed by atoms with Gasteiger partial charge >= 0.3 is 0 Å². The molecule has 1 aliphatic rings. The quantitative estimate of drug-likeness (QED) is 0.596. The van der Waals surface area contributed by atoms with E-state index in [4.69, 9.17) is 4.98 Å². The zero-order chi connectivity index (χ0) is 18.5. The molecule has 1 fully saturated rings. The SMILES string of the molecule is Cc1cccc2[nH]c(C3CCCN3C(=O)c3cnc4cnn(C)c4c3)nc12. The van der Waals surface area contributed by atoms with Crippen molar-refractivity contribution in [3.05, 3.63) is 53.6 Å². The van der Waals surface area contributed by atoms with Crippen LogP contribution in [0.5, 0.6) is 0 Å². The first kappa shape index (κ1) is 16.0. The Bertz CT molecular complexity index is 1170. The number of imidazole rings is 1. The predicted octanol–water partition coefficient (Wildman–Crippen LogP) is 3.13. The van der Waals surface area contributed by atoms with Gasteiger partial charge in [-0.25, -0.2) is 4.98 Å². The highest BCUT2D eigenvalue weighted by molar-refractivity contribution is 5.97. The number of hydrogen-bond donors (Lipinski definition) is 1.